The second-order valence-corrected chi connectivity index (χ2v) is 4.44. The van der Waals surface area contributed by atoms with E-state index in [0.717, 1.165) is 21.7 Å². The Labute approximate surface area is 90.4 Å². The topological polar surface area (TPSA) is 53.6 Å². The van der Waals surface area contributed by atoms with Crippen molar-refractivity contribution in [2.75, 3.05) is 0 Å². The molecule has 2 N–H and O–H groups in total. The fourth-order valence-electron chi connectivity index (χ4n) is 1.05. The minimum atomic E-state index is 0.712. The minimum absolute atomic E-state index is 0.712. The Balaban J connectivity index is 1.78. The van der Waals surface area contributed by atoms with Gasteiger partial charge in [-0.15, -0.1) is 11.3 Å². The quantitative estimate of drug-likeness (QED) is 0.839. The lowest BCUT2D eigenvalue weighted by atomic mass is 10.5. The maximum absolute atomic E-state index is 5.75. The van der Waals surface area contributed by atoms with Crippen LogP contribution in [0.2, 0.25) is 4.34 Å². The van der Waals surface area contributed by atoms with Crippen molar-refractivity contribution in [1.82, 2.24) is 20.3 Å². The average molecular weight is 229 g/mol. The van der Waals surface area contributed by atoms with Gasteiger partial charge in [0.15, 0.2) is 0 Å². The van der Waals surface area contributed by atoms with Crippen molar-refractivity contribution in [3.63, 3.8) is 0 Å². The van der Waals surface area contributed by atoms with Gasteiger partial charge in [0, 0.05) is 18.9 Å². The molecule has 0 atom stereocenters. The van der Waals surface area contributed by atoms with Gasteiger partial charge in [-0.25, -0.2) is 9.97 Å². The van der Waals surface area contributed by atoms with E-state index in [-0.39, 0.29) is 0 Å². The minimum Gasteiger partial charge on any atom is -0.348 e. The summed E-state index contributed by atoms with van der Waals surface area (Å²) in [5, 5.41) is 4.20. The van der Waals surface area contributed by atoms with E-state index in [2.05, 4.69) is 20.3 Å². The molecule has 2 heterocycles. The Morgan fingerprint density at radius 1 is 1.43 bits per heavy atom. The van der Waals surface area contributed by atoms with Crippen LogP contribution in [0.25, 0.3) is 0 Å². The van der Waals surface area contributed by atoms with E-state index >= 15 is 0 Å². The van der Waals surface area contributed by atoms with Gasteiger partial charge in [-0.2, -0.15) is 0 Å². The molecule has 74 valence electrons. The molecule has 0 amide bonds. The number of imidazole rings is 1. The molecule has 0 unspecified atom stereocenters. The maximum atomic E-state index is 5.75. The maximum Gasteiger partial charge on any atom is 0.120 e. The van der Waals surface area contributed by atoms with Crippen LogP contribution in [0.4, 0.5) is 0 Å². The monoisotopic (exact) mass is 228 g/mol. The van der Waals surface area contributed by atoms with Crippen molar-refractivity contribution in [1.29, 1.82) is 0 Å². The van der Waals surface area contributed by atoms with Crippen molar-refractivity contribution in [3.05, 3.63) is 33.8 Å². The standard InChI is InChI=1S/C8H9ClN4S/c9-6-3-13-8(14-6)5-10-4-7-11-1-2-12-7/h1-3,10H,4-5H2,(H,11,12). The molecule has 14 heavy (non-hydrogen) atoms. The molecule has 0 aliphatic carbocycles. The number of aromatic amines is 1. The van der Waals surface area contributed by atoms with E-state index in [9.17, 15) is 0 Å². The van der Waals surface area contributed by atoms with Crippen molar-refractivity contribution in [2.24, 2.45) is 0 Å². The number of hydrogen-bond donors (Lipinski definition) is 2. The molecule has 2 aromatic heterocycles. The molecule has 0 spiro atoms. The van der Waals surface area contributed by atoms with E-state index < -0.39 is 0 Å². The number of aromatic nitrogens is 3. The highest BCUT2D eigenvalue weighted by molar-refractivity contribution is 7.15. The summed E-state index contributed by atoms with van der Waals surface area (Å²) < 4.78 is 0.722. The van der Waals surface area contributed by atoms with E-state index in [4.69, 9.17) is 11.6 Å². The summed E-state index contributed by atoms with van der Waals surface area (Å²) in [4.78, 5) is 11.2. The van der Waals surface area contributed by atoms with Crippen molar-refractivity contribution >= 4 is 22.9 Å². The normalized spacial score (nSPS) is 10.6. The molecule has 0 fully saturated rings. The lowest BCUT2D eigenvalue weighted by molar-refractivity contribution is 0.666. The number of nitrogens with one attached hydrogen (secondary N) is 2. The first kappa shape index (κ1) is 9.64. The highest BCUT2D eigenvalue weighted by Gasteiger charge is 1.99. The van der Waals surface area contributed by atoms with Crippen molar-refractivity contribution in [2.45, 2.75) is 13.1 Å². The van der Waals surface area contributed by atoms with Crippen LogP contribution in [-0.2, 0) is 13.1 Å². The molecular weight excluding hydrogens is 220 g/mol. The predicted molar refractivity (Wildman–Crippen MR) is 56.3 cm³/mol. The first-order chi connectivity index (χ1) is 6.84. The molecule has 0 aromatic carbocycles. The third-order valence-corrected chi connectivity index (χ3v) is 2.76. The van der Waals surface area contributed by atoms with Gasteiger partial charge in [-0.3, -0.25) is 0 Å². The zero-order valence-electron chi connectivity index (χ0n) is 7.33. The largest absolute Gasteiger partial charge is 0.348 e. The van der Waals surface area contributed by atoms with Crippen LogP contribution in [0.15, 0.2) is 18.6 Å². The van der Waals surface area contributed by atoms with Crippen LogP contribution >= 0.6 is 22.9 Å². The fraction of sp³-hybridized carbons (Fsp3) is 0.250. The van der Waals surface area contributed by atoms with Gasteiger partial charge >= 0.3 is 0 Å². The second-order valence-electron chi connectivity index (χ2n) is 2.70. The van der Waals surface area contributed by atoms with E-state index in [0.29, 0.717) is 6.54 Å². The summed E-state index contributed by atoms with van der Waals surface area (Å²) >= 11 is 7.23. The summed E-state index contributed by atoms with van der Waals surface area (Å²) in [5.74, 6) is 0.924. The number of H-pyrrole nitrogens is 1. The van der Waals surface area contributed by atoms with Crippen molar-refractivity contribution < 1.29 is 0 Å². The molecule has 0 saturated carbocycles. The number of nitrogens with zero attached hydrogens (tertiary/aromatic N) is 2. The van der Waals surface area contributed by atoms with Crippen LogP contribution in [0, 0.1) is 0 Å². The molecule has 6 heteroatoms. The highest BCUT2D eigenvalue weighted by atomic mass is 35.5. The van der Waals surface area contributed by atoms with Crippen molar-refractivity contribution in [3.8, 4) is 0 Å². The van der Waals surface area contributed by atoms with E-state index in [1.807, 2.05) is 0 Å². The van der Waals surface area contributed by atoms with Gasteiger partial charge in [0.1, 0.15) is 15.2 Å². The molecule has 0 saturated heterocycles. The summed E-state index contributed by atoms with van der Waals surface area (Å²) in [5.41, 5.74) is 0. The van der Waals surface area contributed by atoms with Crippen LogP contribution < -0.4 is 5.32 Å². The zero-order chi connectivity index (χ0) is 9.80. The predicted octanol–water partition coefficient (Wildman–Crippen LogP) is 1.81. The number of halogens is 1. The molecule has 0 aliphatic heterocycles. The van der Waals surface area contributed by atoms with Gasteiger partial charge in [-0.05, 0) is 0 Å². The average Bonchev–Trinajstić information content (AvgIpc) is 2.77. The molecule has 2 aromatic rings. The lowest BCUT2D eigenvalue weighted by Crippen LogP contribution is -2.13. The van der Waals surface area contributed by atoms with Gasteiger partial charge in [0.25, 0.3) is 0 Å². The Bertz CT molecular complexity index is 384. The van der Waals surface area contributed by atoms with Gasteiger partial charge in [0.2, 0.25) is 0 Å². The molecular formula is C8H9ClN4S. The Morgan fingerprint density at radius 3 is 3.00 bits per heavy atom. The summed E-state index contributed by atoms with van der Waals surface area (Å²) in [6.07, 6.45) is 5.20. The van der Waals surface area contributed by atoms with Crippen LogP contribution in [0.5, 0.6) is 0 Å². The molecule has 0 aliphatic rings. The molecule has 0 bridgehead atoms. The summed E-state index contributed by atoms with van der Waals surface area (Å²) in [6, 6.07) is 0. The van der Waals surface area contributed by atoms with Crippen LogP contribution in [-0.4, -0.2) is 15.0 Å². The van der Waals surface area contributed by atoms with E-state index in [1.165, 1.54) is 11.3 Å². The molecule has 4 nitrogen and oxygen atoms in total. The zero-order valence-corrected chi connectivity index (χ0v) is 8.90. The number of hydrogen-bond acceptors (Lipinski definition) is 4. The third kappa shape index (κ3) is 2.54. The van der Waals surface area contributed by atoms with E-state index in [1.54, 1.807) is 18.6 Å². The Hall–Kier alpha value is -0.910. The first-order valence-corrected chi connectivity index (χ1v) is 5.33. The Kier molecular flexibility index (Phi) is 3.13. The van der Waals surface area contributed by atoms with Crippen LogP contribution in [0.3, 0.4) is 0 Å². The van der Waals surface area contributed by atoms with Gasteiger partial charge in [-0.1, -0.05) is 11.6 Å². The smallest absolute Gasteiger partial charge is 0.120 e. The number of thiazole rings is 1. The molecule has 2 rings (SSSR count). The molecule has 0 radical (unpaired) electrons. The lowest BCUT2D eigenvalue weighted by Gasteiger charge is -1.98. The van der Waals surface area contributed by atoms with Crippen LogP contribution in [0.1, 0.15) is 10.8 Å². The van der Waals surface area contributed by atoms with Gasteiger partial charge in [0.05, 0.1) is 12.7 Å². The summed E-state index contributed by atoms with van der Waals surface area (Å²) in [7, 11) is 0. The highest BCUT2D eigenvalue weighted by Crippen LogP contribution is 2.17. The fourth-order valence-corrected chi connectivity index (χ4v) is 1.98. The second kappa shape index (κ2) is 4.54. The third-order valence-electron chi connectivity index (χ3n) is 1.65. The SMILES string of the molecule is Clc1cnc(CNCc2ncc[nH]2)s1. The summed E-state index contributed by atoms with van der Waals surface area (Å²) in [6.45, 7) is 1.43. The first-order valence-electron chi connectivity index (χ1n) is 4.14. The van der Waals surface area contributed by atoms with Gasteiger partial charge < -0.3 is 10.3 Å². The Morgan fingerprint density at radius 2 is 2.36 bits per heavy atom. The number of rotatable bonds is 4.